The van der Waals surface area contributed by atoms with Gasteiger partial charge in [0.05, 0.1) is 19.4 Å². The Morgan fingerprint density at radius 1 is 1.76 bits per heavy atom. The Hall–Kier alpha value is -1.40. The Balaban J connectivity index is 1.85. The zero-order valence-corrected chi connectivity index (χ0v) is 10.2. The van der Waals surface area contributed by atoms with E-state index in [-0.39, 0.29) is 11.9 Å². The molecule has 1 aliphatic rings. The number of morpholine rings is 1. The number of amides is 1. The zero-order chi connectivity index (χ0) is 12.3. The molecule has 0 spiro atoms. The van der Waals surface area contributed by atoms with Crippen LogP contribution in [0.3, 0.4) is 0 Å². The van der Waals surface area contributed by atoms with Gasteiger partial charge in [0.25, 0.3) is 0 Å². The lowest BCUT2D eigenvalue weighted by atomic mass is 10.2. The van der Waals surface area contributed by atoms with Gasteiger partial charge in [-0.1, -0.05) is 0 Å². The van der Waals surface area contributed by atoms with Gasteiger partial charge in [-0.05, 0) is 6.92 Å². The van der Waals surface area contributed by atoms with Crippen molar-refractivity contribution in [3.05, 3.63) is 17.5 Å². The molecule has 1 aromatic heterocycles. The van der Waals surface area contributed by atoms with Crippen LogP contribution in [0.2, 0.25) is 0 Å². The van der Waals surface area contributed by atoms with Gasteiger partial charge in [-0.2, -0.15) is 5.10 Å². The molecule has 1 saturated heterocycles. The van der Waals surface area contributed by atoms with Crippen molar-refractivity contribution in [1.82, 2.24) is 20.4 Å². The van der Waals surface area contributed by atoms with Gasteiger partial charge >= 0.3 is 0 Å². The van der Waals surface area contributed by atoms with Gasteiger partial charge < -0.3 is 15.4 Å². The van der Waals surface area contributed by atoms with Gasteiger partial charge in [0.2, 0.25) is 5.91 Å². The van der Waals surface area contributed by atoms with Gasteiger partial charge in [0.1, 0.15) is 6.04 Å². The van der Waals surface area contributed by atoms with Crippen LogP contribution in [0.15, 0.2) is 6.20 Å². The average molecular weight is 238 g/mol. The number of ether oxygens (including phenoxy) is 1. The number of hydrogen-bond acceptors (Lipinski definition) is 4. The largest absolute Gasteiger partial charge is 0.378 e. The summed E-state index contributed by atoms with van der Waals surface area (Å²) in [5, 5.41) is 10.1. The van der Waals surface area contributed by atoms with Crippen LogP contribution in [-0.4, -0.2) is 41.5 Å². The normalized spacial score (nSPS) is 20.2. The predicted octanol–water partition coefficient (Wildman–Crippen LogP) is -0.667. The number of rotatable bonds is 3. The molecule has 2 rings (SSSR count). The maximum atomic E-state index is 11.8. The quantitative estimate of drug-likeness (QED) is 0.733. The van der Waals surface area contributed by atoms with E-state index >= 15 is 0 Å². The molecule has 2 N–H and O–H groups in total. The maximum Gasteiger partial charge on any atom is 0.239 e. The molecule has 1 fully saturated rings. The smallest absolute Gasteiger partial charge is 0.239 e. The van der Waals surface area contributed by atoms with Crippen molar-refractivity contribution in [2.45, 2.75) is 19.5 Å². The van der Waals surface area contributed by atoms with Crippen LogP contribution in [0.1, 0.15) is 11.3 Å². The lowest BCUT2D eigenvalue weighted by Gasteiger charge is -2.22. The van der Waals surface area contributed by atoms with Crippen molar-refractivity contribution in [1.29, 1.82) is 0 Å². The van der Waals surface area contributed by atoms with Gasteiger partial charge in [-0.3, -0.25) is 9.48 Å². The van der Waals surface area contributed by atoms with Crippen molar-refractivity contribution in [3.8, 4) is 0 Å². The number of carbonyl (C=O) groups is 1. The molecule has 1 atom stereocenters. The maximum absolute atomic E-state index is 11.8. The Morgan fingerprint density at radius 3 is 3.18 bits per heavy atom. The van der Waals surface area contributed by atoms with E-state index in [1.165, 1.54) is 0 Å². The van der Waals surface area contributed by atoms with Crippen LogP contribution in [0.4, 0.5) is 0 Å². The minimum atomic E-state index is -0.235. The van der Waals surface area contributed by atoms with Gasteiger partial charge in [0, 0.05) is 31.4 Å². The van der Waals surface area contributed by atoms with E-state index in [0.29, 0.717) is 19.8 Å². The summed E-state index contributed by atoms with van der Waals surface area (Å²) in [5.41, 5.74) is 2.11. The predicted molar refractivity (Wildman–Crippen MR) is 62.4 cm³/mol. The molecule has 6 heteroatoms. The Labute approximate surface area is 100 Å². The summed E-state index contributed by atoms with van der Waals surface area (Å²) >= 11 is 0. The number of carbonyl (C=O) groups excluding carboxylic acids is 1. The van der Waals surface area contributed by atoms with Gasteiger partial charge in [-0.15, -0.1) is 0 Å². The van der Waals surface area contributed by atoms with Crippen LogP contribution in [0.5, 0.6) is 0 Å². The molecule has 2 heterocycles. The third-order valence-corrected chi connectivity index (χ3v) is 3.03. The fraction of sp³-hybridized carbons (Fsp3) is 0.636. The Bertz CT molecular complexity index is 396. The monoisotopic (exact) mass is 238 g/mol. The summed E-state index contributed by atoms with van der Waals surface area (Å²) in [6, 6.07) is -0.235. The molecule has 1 aliphatic heterocycles. The van der Waals surface area contributed by atoms with E-state index in [4.69, 9.17) is 4.74 Å². The molecule has 0 saturated carbocycles. The lowest BCUT2D eigenvalue weighted by Crippen LogP contribution is -2.51. The number of aryl methyl sites for hydroxylation is 1. The lowest BCUT2D eigenvalue weighted by molar-refractivity contribution is -0.126. The summed E-state index contributed by atoms with van der Waals surface area (Å²) in [6.07, 6.45) is 1.78. The highest BCUT2D eigenvalue weighted by Gasteiger charge is 2.20. The SMILES string of the molecule is Cc1c(CNC(=O)C2COCCN2)cnn1C. The topological polar surface area (TPSA) is 68.2 Å². The van der Waals surface area contributed by atoms with Crippen molar-refractivity contribution >= 4 is 5.91 Å². The number of aromatic nitrogens is 2. The van der Waals surface area contributed by atoms with E-state index in [9.17, 15) is 4.79 Å². The van der Waals surface area contributed by atoms with E-state index in [0.717, 1.165) is 17.8 Å². The fourth-order valence-electron chi connectivity index (χ4n) is 1.76. The summed E-state index contributed by atoms with van der Waals surface area (Å²) < 4.78 is 7.04. The van der Waals surface area contributed by atoms with Crippen molar-refractivity contribution in [3.63, 3.8) is 0 Å². The average Bonchev–Trinajstić information content (AvgIpc) is 2.68. The minimum Gasteiger partial charge on any atom is -0.378 e. The molecule has 6 nitrogen and oxygen atoms in total. The van der Waals surface area contributed by atoms with Crippen molar-refractivity contribution in [2.24, 2.45) is 7.05 Å². The van der Waals surface area contributed by atoms with Crippen LogP contribution < -0.4 is 10.6 Å². The first-order valence-electron chi connectivity index (χ1n) is 5.75. The number of hydrogen-bond donors (Lipinski definition) is 2. The Morgan fingerprint density at radius 2 is 2.59 bits per heavy atom. The molecule has 1 amide bonds. The molecule has 1 unspecified atom stereocenters. The van der Waals surface area contributed by atoms with E-state index in [1.807, 2.05) is 14.0 Å². The van der Waals surface area contributed by atoms with E-state index in [1.54, 1.807) is 10.9 Å². The third-order valence-electron chi connectivity index (χ3n) is 3.03. The molecular weight excluding hydrogens is 220 g/mol. The molecule has 17 heavy (non-hydrogen) atoms. The summed E-state index contributed by atoms with van der Waals surface area (Å²) in [6.45, 7) is 4.33. The van der Waals surface area contributed by atoms with Crippen molar-refractivity contribution < 1.29 is 9.53 Å². The highest BCUT2D eigenvalue weighted by atomic mass is 16.5. The summed E-state index contributed by atoms with van der Waals surface area (Å²) in [5.74, 6) is -0.0204. The second-order valence-electron chi connectivity index (χ2n) is 4.18. The standard InChI is InChI=1S/C11H18N4O2/c1-8-9(6-14-15(8)2)5-13-11(16)10-7-17-4-3-12-10/h6,10,12H,3-5,7H2,1-2H3,(H,13,16). The summed E-state index contributed by atoms with van der Waals surface area (Å²) in [4.78, 5) is 11.8. The summed E-state index contributed by atoms with van der Waals surface area (Å²) in [7, 11) is 1.89. The first-order chi connectivity index (χ1) is 8.18. The zero-order valence-electron chi connectivity index (χ0n) is 10.2. The molecule has 94 valence electrons. The first-order valence-corrected chi connectivity index (χ1v) is 5.75. The molecule has 0 aromatic carbocycles. The highest BCUT2D eigenvalue weighted by molar-refractivity contribution is 5.81. The van der Waals surface area contributed by atoms with Gasteiger partial charge in [-0.25, -0.2) is 0 Å². The molecule has 1 aromatic rings. The minimum absolute atomic E-state index is 0.0204. The van der Waals surface area contributed by atoms with Crippen LogP contribution >= 0.6 is 0 Å². The molecular formula is C11H18N4O2. The Kier molecular flexibility index (Phi) is 3.75. The highest BCUT2D eigenvalue weighted by Crippen LogP contribution is 2.05. The van der Waals surface area contributed by atoms with Crippen LogP contribution in [0.25, 0.3) is 0 Å². The molecule has 0 aliphatic carbocycles. The van der Waals surface area contributed by atoms with E-state index < -0.39 is 0 Å². The van der Waals surface area contributed by atoms with Crippen LogP contribution in [0, 0.1) is 6.92 Å². The molecule has 0 bridgehead atoms. The fourth-order valence-corrected chi connectivity index (χ4v) is 1.76. The van der Waals surface area contributed by atoms with Crippen molar-refractivity contribution in [2.75, 3.05) is 19.8 Å². The molecule has 0 radical (unpaired) electrons. The number of nitrogens with one attached hydrogen (secondary N) is 2. The van der Waals surface area contributed by atoms with Crippen LogP contribution in [-0.2, 0) is 23.1 Å². The second-order valence-corrected chi connectivity index (χ2v) is 4.18. The first kappa shape index (κ1) is 12.1. The number of nitrogens with zero attached hydrogens (tertiary/aromatic N) is 2. The second kappa shape index (κ2) is 5.29. The third kappa shape index (κ3) is 2.83. The van der Waals surface area contributed by atoms with E-state index in [2.05, 4.69) is 15.7 Å². The van der Waals surface area contributed by atoms with Gasteiger partial charge in [0.15, 0.2) is 0 Å².